The molecule has 3 amide bonds. The molecule has 1 saturated carbocycles. The van der Waals surface area contributed by atoms with E-state index in [4.69, 9.17) is 0 Å². The fourth-order valence-corrected chi connectivity index (χ4v) is 3.73. The molecule has 1 aromatic rings. The van der Waals surface area contributed by atoms with E-state index in [9.17, 15) is 14.4 Å². The lowest BCUT2D eigenvalue weighted by atomic mass is 9.81. The van der Waals surface area contributed by atoms with Crippen molar-refractivity contribution in [2.45, 2.75) is 51.0 Å². The first-order chi connectivity index (χ1) is 13.4. The summed E-state index contributed by atoms with van der Waals surface area (Å²) >= 11 is 0. The summed E-state index contributed by atoms with van der Waals surface area (Å²) in [5.41, 5.74) is 0.166. The van der Waals surface area contributed by atoms with Gasteiger partial charge in [-0.25, -0.2) is 4.98 Å². The van der Waals surface area contributed by atoms with E-state index >= 15 is 0 Å². The van der Waals surface area contributed by atoms with Gasteiger partial charge in [0.05, 0.1) is 5.92 Å². The smallest absolute Gasteiger partial charge is 0.226 e. The second kappa shape index (κ2) is 8.42. The Labute approximate surface area is 165 Å². The Balaban J connectivity index is 1.73. The second-order valence-corrected chi connectivity index (χ2v) is 7.67. The highest BCUT2D eigenvalue weighted by Crippen LogP contribution is 2.29. The van der Waals surface area contributed by atoms with Crippen molar-refractivity contribution in [3.05, 3.63) is 23.9 Å². The van der Waals surface area contributed by atoms with Crippen molar-refractivity contribution < 1.29 is 14.4 Å². The Kier molecular flexibility index (Phi) is 5.98. The van der Waals surface area contributed by atoms with Crippen LogP contribution in [0.4, 0.5) is 5.82 Å². The molecule has 3 rings (SSSR count). The molecule has 0 bridgehead atoms. The zero-order valence-corrected chi connectivity index (χ0v) is 16.4. The Morgan fingerprint density at radius 2 is 2.00 bits per heavy atom. The summed E-state index contributed by atoms with van der Waals surface area (Å²) in [4.78, 5) is 41.4. The van der Waals surface area contributed by atoms with E-state index in [0.29, 0.717) is 12.4 Å². The van der Waals surface area contributed by atoms with Crippen LogP contribution in [-0.2, 0) is 14.4 Å². The van der Waals surface area contributed by atoms with E-state index in [0.717, 1.165) is 37.7 Å². The topological polar surface area (TPSA) is 91.4 Å². The summed E-state index contributed by atoms with van der Waals surface area (Å²) in [5, 5.41) is 5.78. The van der Waals surface area contributed by atoms with Gasteiger partial charge in [0.2, 0.25) is 17.7 Å². The van der Waals surface area contributed by atoms with Crippen molar-refractivity contribution in [3.8, 4) is 11.8 Å². The first-order valence-electron chi connectivity index (χ1n) is 9.70. The van der Waals surface area contributed by atoms with Gasteiger partial charge in [-0.1, -0.05) is 31.1 Å². The molecule has 1 aliphatic carbocycles. The Morgan fingerprint density at radius 3 is 2.57 bits per heavy atom. The van der Waals surface area contributed by atoms with E-state index in [1.54, 1.807) is 30.3 Å². The first-order valence-corrected chi connectivity index (χ1v) is 9.70. The van der Waals surface area contributed by atoms with Crippen LogP contribution in [0.1, 0.15) is 51.0 Å². The van der Waals surface area contributed by atoms with Crippen molar-refractivity contribution in [2.24, 2.45) is 5.92 Å². The van der Waals surface area contributed by atoms with Gasteiger partial charge >= 0.3 is 0 Å². The Hall–Kier alpha value is -2.88. The van der Waals surface area contributed by atoms with Gasteiger partial charge in [0.25, 0.3) is 0 Å². The number of amides is 3. The van der Waals surface area contributed by atoms with Gasteiger partial charge in [-0.2, -0.15) is 0 Å². The van der Waals surface area contributed by atoms with E-state index < -0.39 is 5.54 Å². The number of hydrogen-bond acceptors (Lipinski definition) is 4. The van der Waals surface area contributed by atoms with Crippen LogP contribution in [0.2, 0.25) is 0 Å². The summed E-state index contributed by atoms with van der Waals surface area (Å²) in [6.45, 7) is 1.89. The van der Waals surface area contributed by atoms with Gasteiger partial charge in [-0.05, 0) is 25.0 Å². The number of nitrogens with zero attached hydrogens (tertiary/aromatic N) is 2. The maximum absolute atomic E-state index is 12.8. The minimum Gasteiger partial charge on any atom is -0.345 e. The molecule has 0 aromatic carbocycles. The molecule has 0 radical (unpaired) electrons. The summed E-state index contributed by atoms with van der Waals surface area (Å²) in [6.07, 6.45) is 6.65. The Bertz CT molecular complexity index is 816. The number of nitrogens with one attached hydrogen (secondary N) is 2. The number of carbonyl (C=O) groups excluding carboxylic acids is 3. The highest BCUT2D eigenvalue weighted by molar-refractivity contribution is 5.89. The summed E-state index contributed by atoms with van der Waals surface area (Å²) < 4.78 is 0. The van der Waals surface area contributed by atoms with Crippen LogP contribution >= 0.6 is 0 Å². The molecular weight excluding hydrogens is 356 g/mol. The molecule has 1 atom stereocenters. The van der Waals surface area contributed by atoms with Crippen molar-refractivity contribution >= 4 is 23.5 Å². The van der Waals surface area contributed by atoms with Crippen molar-refractivity contribution in [1.29, 1.82) is 0 Å². The predicted octanol–water partition coefficient (Wildman–Crippen LogP) is 1.69. The van der Waals surface area contributed by atoms with E-state index in [1.807, 2.05) is 0 Å². The van der Waals surface area contributed by atoms with Gasteiger partial charge in [-0.15, -0.1) is 0 Å². The minimum absolute atomic E-state index is 0.00858. The third-order valence-corrected chi connectivity index (χ3v) is 5.30. The van der Waals surface area contributed by atoms with Crippen LogP contribution in [0.15, 0.2) is 18.3 Å². The monoisotopic (exact) mass is 382 g/mol. The van der Waals surface area contributed by atoms with Crippen LogP contribution in [0, 0.1) is 17.8 Å². The van der Waals surface area contributed by atoms with Crippen molar-refractivity contribution in [1.82, 2.24) is 15.2 Å². The van der Waals surface area contributed by atoms with Gasteiger partial charge in [0.1, 0.15) is 11.4 Å². The van der Waals surface area contributed by atoms with Crippen molar-refractivity contribution in [2.75, 3.05) is 18.9 Å². The van der Waals surface area contributed by atoms with Crippen LogP contribution in [0.25, 0.3) is 0 Å². The molecule has 148 valence electrons. The van der Waals surface area contributed by atoms with Crippen LogP contribution in [-0.4, -0.2) is 46.7 Å². The number of hydrogen-bond donors (Lipinski definition) is 2. The SMILES string of the molecule is CC(=O)Nc1ccc(C#CC2(NC(=O)C3CC(=O)N(C)C3)CCCCC2)cn1. The predicted molar refractivity (Wildman–Crippen MR) is 105 cm³/mol. The third-order valence-electron chi connectivity index (χ3n) is 5.30. The fourth-order valence-electron chi connectivity index (χ4n) is 3.73. The van der Waals surface area contributed by atoms with Crippen LogP contribution in [0.5, 0.6) is 0 Å². The number of pyridine rings is 1. The molecule has 1 unspecified atom stereocenters. The standard InChI is InChI=1S/C21H26N4O3/c1-15(26)23-18-7-6-16(13-22-18)8-11-21(9-4-3-5-10-21)24-20(28)17-12-19(27)25(2)14-17/h6-7,13,17H,3-5,9-10,12,14H2,1-2H3,(H,24,28)(H,22,23,26). The summed E-state index contributed by atoms with van der Waals surface area (Å²) in [6, 6.07) is 3.51. The summed E-state index contributed by atoms with van der Waals surface area (Å²) in [7, 11) is 1.73. The second-order valence-electron chi connectivity index (χ2n) is 7.67. The van der Waals surface area contributed by atoms with E-state index in [-0.39, 0.29) is 30.1 Å². The van der Waals surface area contributed by atoms with Gasteiger partial charge < -0.3 is 15.5 Å². The molecule has 7 nitrogen and oxygen atoms in total. The van der Waals surface area contributed by atoms with Gasteiger partial charge in [0.15, 0.2) is 0 Å². The van der Waals surface area contributed by atoms with Crippen LogP contribution in [0.3, 0.4) is 0 Å². The van der Waals surface area contributed by atoms with Gasteiger partial charge in [-0.3, -0.25) is 14.4 Å². The first kappa shape index (κ1) is 19.9. The summed E-state index contributed by atoms with van der Waals surface area (Å²) in [5.74, 6) is 6.33. The number of carbonyl (C=O) groups is 3. The molecule has 2 N–H and O–H groups in total. The maximum Gasteiger partial charge on any atom is 0.226 e. The molecule has 28 heavy (non-hydrogen) atoms. The zero-order valence-electron chi connectivity index (χ0n) is 16.4. The zero-order chi connectivity index (χ0) is 20.1. The average molecular weight is 382 g/mol. The quantitative estimate of drug-likeness (QED) is 0.779. The van der Waals surface area contributed by atoms with E-state index in [2.05, 4.69) is 27.5 Å². The molecule has 2 aliphatic rings. The molecule has 0 spiro atoms. The molecule has 2 heterocycles. The number of likely N-dealkylation sites (tertiary alicyclic amines) is 1. The largest absolute Gasteiger partial charge is 0.345 e. The number of aromatic nitrogens is 1. The molecule has 1 saturated heterocycles. The fraction of sp³-hybridized carbons (Fsp3) is 0.524. The normalized spacial score (nSPS) is 20.9. The number of rotatable bonds is 3. The lowest BCUT2D eigenvalue weighted by Crippen LogP contribution is -2.51. The van der Waals surface area contributed by atoms with Crippen molar-refractivity contribution in [3.63, 3.8) is 0 Å². The van der Waals surface area contributed by atoms with Crippen LogP contribution < -0.4 is 10.6 Å². The Morgan fingerprint density at radius 1 is 1.25 bits per heavy atom. The molecule has 1 aromatic heterocycles. The minimum atomic E-state index is -0.560. The maximum atomic E-state index is 12.8. The van der Waals surface area contributed by atoms with E-state index in [1.165, 1.54) is 6.92 Å². The molecule has 7 heteroatoms. The highest BCUT2D eigenvalue weighted by Gasteiger charge is 2.37. The number of anilines is 1. The average Bonchev–Trinajstić information content (AvgIpc) is 3.01. The lowest BCUT2D eigenvalue weighted by molar-refractivity contribution is -0.129. The lowest BCUT2D eigenvalue weighted by Gasteiger charge is -2.34. The third kappa shape index (κ3) is 4.89. The van der Waals surface area contributed by atoms with Gasteiger partial charge in [0, 0.05) is 38.7 Å². The molecule has 2 fully saturated rings. The molecular formula is C21H26N4O3. The highest BCUT2D eigenvalue weighted by atomic mass is 16.2. The molecule has 1 aliphatic heterocycles.